The van der Waals surface area contributed by atoms with Gasteiger partial charge in [0.15, 0.2) is 5.76 Å². The van der Waals surface area contributed by atoms with E-state index >= 15 is 0 Å². The number of ether oxygens (including phenoxy) is 4. The highest BCUT2D eigenvalue weighted by molar-refractivity contribution is 5.40. The minimum absolute atomic E-state index is 0.132. The molecule has 17 heavy (non-hydrogen) atoms. The first-order chi connectivity index (χ1) is 8.24. The van der Waals surface area contributed by atoms with Crippen LogP contribution in [0.4, 0.5) is 0 Å². The zero-order chi connectivity index (χ0) is 12.3. The van der Waals surface area contributed by atoms with Crippen LogP contribution >= 0.6 is 0 Å². The average molecular weight is 238 g/mol. The number of hydrogen-bond acceptors (Lipinski definition) is 5. The fourth-order valence-corrected chi connectivity index (χ4v) is 1.55. The lowest BCUT2D eigenvalue weighted by molar-refractivity contribution is 0.0498. The van der Waals surface area contributed by atoms with Crippen molar-refractivity contribution < 1.29 is 24.1 Å². The van der Waals surface area contributed by atoms with E-state index in [1.807, 2.05) is 0 Å². The van der Waals surface area contributed by atoms with Crippen LogP contribution in [0.25, 0.3) is 0 Å². The number of aliphatic hydroxyl groups is 1. The summed E-state index contributed by atoms with van der Waals surface area (Å²) in [6.07, 6.45) is 0.512. The summed E-state index contributed by atoms with van der Waals surface area (Å²) >= 11 is 0. The summed E-state index contributed by atoms with van der Waals surface area (Å²) in [5, 5.41) is 10.1. The molecule has 0 saturated carbocycles. The summed E-state index contributed by atoms with van der Waals surface area (Å²) < 4.78 is 20.3. The molecular formula is C12H14O5. The second-order valence-corrected chi connectivity index (χ2v) is 3.50. The molecule has 0 saturated heterocycles. The van der Waals surface area contributed by atoms with Crippen LogP contribution in [0.3, 0.4) is 0 Å². The van der Waals surface area contributed by atoms with Gasteiger partial charge in [-0.15, -0.1) is 0 Å². The van der Waals surface area contributed by atoms with Gasteiger partial charge in [-0.25, -0.2) is 0 Å². The highest BCUT2D eigenvalue weighted by Crippen LogP contribution is 2.31. The molecule has 1 aromatic rings. The predicted molar refractivity (Wildman–Crippen MR) is 59.6 cm³/mol. The summed E-state index contributed by atoms with van der Waals surface area (Å²) in [5.41, 5.74) is 0.623. The molecule has 0 amide bonds. The molecule has 0 fully saturated rings. The molecule has 0 radical (unpaired) electrons. The summed E-state index contributed by atoms with van der Waals surface area (Å²) in [6, 6.07) is 5.17. The van der Waals surface area contributed by atoms with Crippen molar-refractivity contribution in [2.24, 2.45) is 0 Å². The summed E-state index contributed by atoms with van der Waals surface area (Å²) in [6.45, 7) is 0.132. The van der Waals surface area contributed by atoms with Gasteiger partial charge in [0.05, 0.1) is 14.2 Å². The Balaban J connectivity index is 2.30. The van der Waals surface area contributed by atoms with E-state index in [-0.39, 0.29) is 6.79 Å². The van der Waals surface area contributed by atoms with Crippen LogP contribution < -0.4 is 9.47 Å². The van der Waals surface area contributed by atoms with Crippen molar-refractivity contribution in [3.05, 3.63) is 35.8 Å². The van der Waals surface area contributed by atoms with Gasteiger partial charge in [0, 0.05) is 6.07 Å². The van der Waals surface area contributed by atoms with Gasteiger partial charge >= 0.3 is 0 Å². The first kappa shape index (κ1) is 11.6. The Morgan fingerprint density at radius 1 is 1.18 bits per heavy atom. The number of methoxy groups -OCH3 is 2. The van der Waals surface area contributed by atoms with E-state index < -0.39 is 6.10 Å². The van der Waals surface area contributed by atoms with Crippen molar-refractivity contribution in [3.8, 4) is 11.5 Å². The molecule has 0 spiro atoms. The van der Waals surface area contributed by atoms with Crippen LogP contribution in [0.5, 0.6) is 11.5 Å². The van der Waals surface area contributed by atoms with Crippen LogP contribution in [0, 0.1) is 0 Å². The van der Waals surface area contributed by atoms with E-state index in [0.717, 1.165) is 0 Å². The van der Waals surface area contributed by atoms with Gasteiger partial charge in [0.25, 0.3) is 0 Å². The van der Waals surface area contributed by atoms with Crippen LogP contribution in [-0.4, -0.2) is 26.1 Å². The third-order valence-electron chi connectivity index (χ3n) is 2.45. The van der Waals surface area contributed by atoms with Gasteiger partial charge in [0.2, 0.25) is 6.79 Å². The van der Waals surface area contributed by atoms with Crippen molar-refractivity contribution in [2.75, 3.05) is 21.0 Å². The number of rotatable bonds is 4. The van der Waals surface area contributed by atoms with E-state index in [2.05, 4.69) is 0 Å². The lowest BCUT2D eigenvalue weighted by Crippen LogP contribution is -2.03. The predicted octanol–water partition coefficient (Wildman–Crippen LogP) is 1.58. The molecular weight excluding hydrogens is 224 g/mol. The number of benzene rings is 1. The molecule has 0 aliphatic carbocycles. The Hall–Kier alpha value is -1.88. The van der Waals surface area contributed by atoms with Crippen LogP contribution in [0.15, 0.2) is 30.2 Å². The highest BCUT2D eigenvalue weighted by Gasteiger charge is 2.20. The molecule has 1 heterocycles. The smallest absolute Gasteiger partial charge is 0.230 e. The molecule has 5 nitrogen and oxygen atoms in total. The van der Waals surface area contributed by atoms with Crippen LogP contribution in [0.2, 0.25) is 0 Å². The largest absolute Gasteiger partial charge is 0.497 e. The number of hydrogen-bond donors (Lipinski definition) is 1. The van der Waals surface area contributed by atoms with Gasteiger partial charge in [-0.3, -0.25) is 0 Å². The van der Waals surface area contributed by atoms with E-state index in [9.17, 15) is 5.11 Å². The van der Waals surface area contributed by atoms with Crippen molar-refractivity contribution in [2.45, 2.75) is 6.10 Å². The van der Waals surface area contributed by atoms with Gasteiger partial charge in [-0.2, -0.15) is 0 Å². The van der Waals surface area contributed by atoms with Crippen molar-refractivity contribution in [3.63, 3.8) is 0 Å². The number of aliphatic hydroxyl groups excluding tert-OH is 1. The molecule has 1 aliphatic rings. The quantitative estimate of drug-likeness (QED) is 0.863. The molecule has 1 unspecified atom stereocenters. The standard InChI is InChI=1S/C12H14O5/c1-14-9-3-8(4-10(5-9)15-2)12(13)11-6-16-7-17-11/h3-6,12-13H,7H2,1-2H3. The highest BCUT2D eigenvalue weighted by atomic mass is 16.7. The maximum Gasteiger partial charge on any atom is 0.230 e. The second-order valence-electron chi connectivity index (χ2n) is 3.50. The minimum Gasteiger partial charge on any atom is -0.497 e. The zero-order valence-corrected chi connectivity index (χ0v) is 9.67. The van der Waals surface area contributed by atoms with Gasteiger partial charge in [0.1, 0.15) is 23.9 Å². The molecule has 1 N–H and O–H groups in total. The first-order valence-corrected chi connectivity index (χ1v) is 5.10. The molecule has 1 aliphatic heterocycles. The fourth-order valence-electron chi connectivity index (χ4n) is 1.55. The summed E-state index contributed by atoms with van der Waals surface area (Å²) in [4.78, 5) is 0. The molecule has 92 valence electrons. The Labute approximate surface area is 99.2 Å². The Morgan fingerprint density at radius 2 is 1.82 bits per heavy atom. The van der Waals surface area contributed by atoms with Gasteiger partial charge < -0.3 is 24.1 Å². The minimum atomic E-state index is -0.888. The fraction of sp³-hybridized carbons (Fsp3) is 0.333. The molecule has 0 aromatic heterocycles. The van der Waals surface area contributed by atoms with E-state index in [1.54, 1.807) is 32.4 Å². The third kappa shape index (κ3) is 2.45. The topological polar surface area (TPSA) is 57.2 Å². The zero-order valence-electron chi connectivity index (χ0n) is 9.67. The first-order valence-electron chi connectivity index (χ1n) is 5.10. The van der Waals surface area contributed by atoms with Gasteiger partial charge in [-0.05, 0) is 17.7 Å². The van der Waals surface area contributed by atoms with Crippen LogP contribution in [-0.2, 0) is 9.47 Å². The lowest BCUT2D eigenvalue weighted by Gasteiger charge is -2.13. The Kier molecular flexibility index (Phi) is 3.39. The Morgan fingerprint density at radius 3 is 2.29 bits per heavy atom. The van der Waals surface area contributed by atoms with Crippen molar-refractivity contribution in [1.82, 2.24) is 0 Å². The van der Waals surface area contributed by atoms with Crippen molar-refractivity contribution in [1.29, 1.82) is 0 Å². The average Bonchev–Trinajstić information content (AvgIpc) is 2.91. The molecule has 1 atom stereocenters. The lowest BCUT2D eigenvalue weighted by atomic mass is 10.1. The Bertz CT molecular complexity index is 405. The van der Waals surface area contributed by atoms with E-state index in [0.29, 0.717) is 22.8 Å². The molecule has 0 bridgehead atoms. The maximum atomic E-state index is 10.1. The van der Waals surface area contributed by atoms with Crippen molar-refractivity contribution >= 4 is 0 Å². The van der Waals surface area contributed by atoms with Crippen LogP contribution in [0.1, 0.15) is 11.7 Å². The summed E-state index contributed by atoms with van der Waals surface area (Å²) in [7, 11) is 3.11. The SMILES string of the molecule is COc1cc(OC)cc(C(O)C2=COCO2)c1. The molecule has 2 rings (SSSR count). The normalized spacial score (nSPS) is 15.6. The molecule has 5 heteroatoms. The molecule has 1 aromatic carbocycles. The maximum absolute atomic E-state index is 10.1. The van der Waals surface area contributed by atoms with E-state index in [4.69, 9.17) is 18.9 Å². The third-order valence-corrected chi connectivity index (χ3v) is 2.45. The van der Waals surface area contributed by atoms with Gasteiger partial charge in [-0.1, -0.05) is 0 Å². The van der Waals surface area contributed by atoms with E-state index in [1.165, 1.54) is 6.26 Å². The monoisotopic (exact) mass is 238 g/mol. The second kappa shape index (κ2) is 4.97. The summed E-state index contributed by atoms with van der Waals surface area (Å²) in [5.74, 6) is 1.59.